The second-order valence-corrected chi connectivity index (χ2v) is 6.04. The Labute approximate surface area is 154 Å². The molecule has 0 saturated carbocycles. The number of aromatic nitrogens is 4. The van der Waals surface area contributed by atoms with Crippen LogP contribution in [0.5, 0.6) is 0 Å². The summed E-state index contributed by atoms with van der Waals surface area (Å²) in [6.45, 7) is 0. The van der Waals surface area contributed by atoms with Crippen LogP contribution in [-0.4, -0.2) is 19.9 Å². The quantitative estimate of drug-likeness (QED) is 0.596. The average molecular weight is 361 g/mol. The van der Waals surface area contributed by atoms with Gasteiger partial charge in [0.2, 0.25) is 0 Å². The molecule has 0 spiro atoms. The maximum Gasteiger partial charge on any atom is 0.259 e. The highest BCUT2D eigenvalue weighted by Gasteiger charge is 2.07. The third kappa shape index (κ3) is 3.25. The highest BCUT2D eigenvalue weighted by atomic mass is 35.5. The first-order valence-corrected chi connectivity index (χ1v) is 8.32. The van der Waals surface area contributed by atoms with Crippen LogP contribution in [0.4, 0.5) is 0 Å². The van der Waals surface area contributed by atoms with Crippen LogP contribution < -0.4 is 5.56 Å². The van der Waals surface area contributed by atoms with Crippen LogP contribution >= 0.6 is 11.6 Å². The van der Waals surface area contributed by atoms with Gasteiger partial charge >= 0.3 is 0 Å². The smallest absolute Gasteiger partial charge is 0.259 e. The Morgan fingerprint density at radius 3 is 2.42 bits per heavy atom. The lowest BCUT2D eigenvalue weighted by Gasteiger charge is -2.03. The number of hydrogen-bond acceptors (Lipinski definition) is 4. The highest BCUT2D eigenvalue weighted by Crippen LogP contribution is 2.20. The molecule has 6 heteroatoms. The van der Waals surface area contributed by atoms with Crippen molar-refractivity contribution in [2.24, 2.45) is 0 Å². The number of hydrogen-bond donors (Lipinski definition) is 1. The zero-order chi connectivity index (χ0) is 17.9. The predicted octanol–water partition coefficient (Wildman–Crippen LogP) is 4.12. The lowest BCUT2D eigenvalue weighted by molar-refractivity contribution is 1.13. The minimum absolute atomic E-state index is 0.229. The van der Waals surface area contributed by atoms with Crippen LogP contribution in [0.2, 0.25) is 0 Å². The van der Waals surface area contributed by atoms with Crippen LogP contribution in [0.25, 0.3) is 33.4 Å². The van der Waals surface area contributed by atoms with Crippen molar-refractivity contribution in [1.82, 2.24) is 19.9 Å². The largest absolute Gasteiger partial charge is 0.305 e. The minimum atomic E-state index is -0.229. The van der Waals surface area contributed by atoms with Gasteiger partial charge in [-0.05, 0) is 18.2 Å². The van der Waals surface area contributed by atoms with E-state index in [1.54, 1.807) is 36.7 Å². The van der Waals surface area contributed by atoms with Gasteiger partial charge in [0.15, 0.2) is 11.6 Å². The Kier molecular flexibility index (Phi) is 4.29. The minimum Gasteiger partial charge on any atom is -0.305 e. The number of nitrogens with zero attached hydrogens (tertiary/aromatic N) is 3. The Morgan fingerprint density at radius 1 is 0.962 bits per heavy atom. The third-order valence-corrected chi connectivity index (χ3v) is 4.12. The van der Waals surface area contributed by atoms with Crippen molar-refractivity contribution in [2.45, 2.75) is 0 Å². The van der Waals surface area contributed by atoms with Crippen LogP contribution in [-0.2, 0) is 0 Å². The number of fused-ring (bicyclic) bond motifs is 1. The fourth-order valence-corrected chi connectivity index (χ4v) is 2.78. The molecule has 2 aromatic heterocycles. The van der Waals surface area contributed by atoms with E-state index in [-0.39, 0.29) is 5.56 Å². The van der Waals surface area contributed by atoms with E-state index in [1.807, 2.05) is 36.4 Å². The second kappa shape index (κ2) is 6.90. The van der Waals surface area contributed by atoms with E-state index in [2.05, 4.69) is 19.9 Å². The van der Waals surface area contributed by atoms with Crippen LogP contribution in [0.3, 0.4) is 0 Å². The first-order chi connectivity index (χ1) is 12.7. The number of para-hydroxylation sites is 1. The molecule has 0 radical (unpaired) electrons. The van der Waals surface area contributed by atoms with Crippen LogP contribution in [0.15, 0.2) is 71.8 Å². The molecule has 0 saturated heterocycles. The molecule has 5 nitrogen and oxygen atoms in total. The fourth-order valence-electron chi connectivity index (χ4n) is 2.56. The number of benzene rings is 2. The molecule has 2 heterocycles. The number of rotatable bonds is 3. The summed E-state index contributed by atoms with van der Waals surface area (Å²) in [5, 5.41) is 0.833. The molecule has 4 aromatic rings. The van der Waals surface area contributed by atoms with Gasteiger partial charge in [-0.15, -0.1) is 0 Å². The third-order valence-electron chi connectivity index (χ3n) is 3.84. The van der Waals surface area contributed by atoms with E-state index in [0.717, 1.165) is 5.56 Å². The Bertz CT molecular complexity index is 1150. The molecule has 0 aliphatic carbocycles. The summed E-state index contributed by atoms with van der Waals surface area (Å²) in [4.78, 5) is 28.0. The van der Waals surface area contributed by atoms with Gasteiger partial charge in [-0.1, -0.05) is 54.1 Å². The topological polar surface area (TPSA) is 71.5 Å². The standard InChI is InChI=1S/C20H13ClN4O/c21-16(19-24-17-9-5-4-8-15(17)20(26)25-19)10-13-11-22-18(23-12-13)14-6-2-1-3-7-14/h1-12H,(H,24,25,26). The van der Waals surface area contributed by atoms with E-state index < -0.39 is 0 Å². The van der Waals surface area contributed by atoms with Gasteiger partial charge < -0.3 is 4.98 Å². The van der Waals surface area contributed by atoms with E-state index in [4.69, 9.17) is 11.6 Å². The van der Waals surface area contributed by atoms with E-state index in [9.17, 15) is 4.79 Å². The van der Waals surface area contributed by atoms with Gasteiger partial charge in [0.05, 0.1) is 15.9 Å². The van der Waals surface area contributed by atoms with Crippen molar-refractivity contribution in [3.63, 3.8) is 0 Å². The van der Waals surface area contributed by atoms with Gasteiger partial charge in [0, 0.05) is 23.5 Å². The van der Waals surface area contributed by atoms with Gasteiger partial charge in [-0.2, -0.15) is 0 Å². The zero-order valence-corrected chi connectivity index (χ0v) is 14.3. The normalized spacial score (nSPS) is 11.7. The van der Waals surface area contributed by atoms with Gasteiger partial charge in [-0.3, -0.25) is 4.79 Å². The molecule has 26 heavy (non-hydrogen) atoms. The molecule has 0 bridgehead atoms. The SMILES string of the molecule is O=c1[nH]c(C(Cl)=Cc2cnc(-c3ccccc3)nc2)nc2ccccc12. The Hall–Kier alpha value is -3.31. The molecule has 0 atom stereocenters. The average Bonchev–Trinajstić information content (AvgIpc) is 2.69. The first kappa shape index (κ1) is 16.2. The number of H-pyrrole nitrogens is 1. The Morgan fingerprint density at radius 2 is 1.65 bits per heavy atom. The molecule has 0 aliphatic rings. The Balaban J connectivity index is 1.67. The maximum atomic E-state index is 12.2. The molecule has 0 fully saturated rings. The lowest BCUT2D eigenvalue weighted by atomic mass is 10.2. The summed E-state index contributed by atoms with van der Waals surface area (Å²) >= 11 is 6.34. The van der Waals surface area contributed by atoms with Crippen molar-refractivity contribution in [3.05, 3.63) is 88.7 Å². The summed E-state index contributed by atoms with van der Waals surface area (Å²) in [6.07, 6.45) is 5.02. The van der Waals surface area contributed by atoms with Crippen molar-refractivity contribution in [3.8, 4) is 11.4 Å². The van der Waals surface area contributed by atoms with Crippen molar-refractivity contribution in [2.75, 3.05) is 0 Å². The van der Waals surface area contributed by atoms with E-state index in [1.165, 1.54) is 0 Å². The number of nitrogens with one attached hydrogen (secondary N) is 1. The van der Waals surface area contributed by atoms with Crippen molar-refractivity contribution >= 4 is 33.6 Å². The summed E-state index contributed by atoms with van der Waals surface area (Å²) in [5.74, 6) is 0.943. The van der Waals surface area contributed by atoms with Gasteiger partial charge in [0.25, 0.3) is 5.56 Å². The highest BCUT2D eigenvalue weighted by molar-refractivity contribution is 6.50. The number of aromatic amines is 1. The molecule has 4 rings (SSSR count). The van der Waals surface area contributed by atoms with E-state index >= 15 is 0 Å². The number of halogens is 1. The monoisotopic (exact) mass is 360 g/mol. The summed E-state index contributed by atoms with van der Waals surface area (Å²) in [6, 6.07) is 16.8. The fraction of sp³-hybridized carbons (Fsp3) is 0. The zero-order valence-electron chi connectivity index (χ0n) is 13.6. The first-order valence-electron chi connectivity index (χ1n) is 7.95. The summed E-state index contributed by atoms with van der Waals surface area (Å²) in [7, 11) is 0. The molecule has 126 valence electrons. The molecular formula is C20H13ClN4O. The lowest BCUT2D eigenvalue weighted by Crippen LogP contribution is -2.10. The van der Waals surface area contributed by atoms with Crippen molar-refractivity contribution in [1.29, 1.82) is 0 Å². The van der Waals surface area contributed by atoms with Crippen LogP contribution in [0, 0.1) is 0 Å². The van der Waals surface area contributed by atoms with Crippen LogP contribution in [0.1, 0.15) is 11.4 Å². The van der Waals surface area contributed by atoms with E-state index in [0.29, 0.717) is 33.1 Å². The summed E-state index contributed by atoms with van der Waals surface area (Å²) in [5.41, 5.74) is 2.02. The second-order valence-electron chi connectivity index (χ2n) is 5.63. The van der Waals surface area contributed by atoms with Crippen molar-refractivity contribution < 1.29 is 0 Å². The molecule has 2 aromatic carbocycles. The molecule has 0 amide bonds. The van der Waals surface area contributed by atoms with Gasteiger partial charge in [-0.25, -0.2) is 15.0 Å². The predicted molar refractivity (Wildman–Crippen MR) is 104 cm³/mol. The summed E-state index contributed by atoms with van der Waals surface area (Å²) < 4.78 is 0. The molecule has 0 unspecified atom stereocenters. The van der Waals surface area contributed by atoms with Gasteiger partial charge in [0.1, 0.15) is 0 Å². The molecular weight excluding hydrogens is 348 g/mol. The molecule has 0 aliphatic heterocycles. The molecule has 1 N–H and O–H groups in total. The maximum absolute atomic E-state index is 12.2.